The van der Waals surface area contributed by atoms with Gasteiger partial charge < -0.3 is 15.2 Å². The van der Waals surface area contributed by atoms with Crippen LogP contribution in [0.5, 0.6) is 0 Å². The number of aliphatic hydroxyl groups excluding tert-OH is 1. The Kier molecular flexibility index (Phi) is 6.04. The van der Waals surface area contributed by atoms with E-state index in [0.29, 0.717) is 5.56 Å². The van der Waals surface area contributed by atoms with E-state index in [1.807, 2.05) is 0 Å². The molecular weight excluding hydrogens is 352 g/mol. The van der Waals surface area contributed by atoms with Gasteiger partial charge >= 0.3 is 5.97 Å². The molecule has 0 aromatic heterocycles. The fraction of sp³-hybridized carbons (Fsp3) is 0.125. The Balaban J connectivity index is 1.96. The second-order valence-electron chi connectivity index (χ2n) is 4.89. The number of benzene rings is 2. The molecule has 0 unspecified atom stereocenters. The summed E-state index contributed by atoms with van der Waals surface area (Å²) in [5, 5.41) is 23.2. The Morgan fingerprint density at radius 1 is 1.24 bits per heavy atom. The van der Waals surface area contributed by atoms with Crippen LogP contribution in [-0.4, -0.2) is 28.5 Å². The number of nitrogens with one attached hydrogen (secondary N) is 1. The first-order valence-electron chi connectivity index (χ1n) is 7.02. The first-order valence-corrected chi connectivity index (χ1v) is 7.39. The van der Waals surface area contributed by atoms with Gasteiger partial charge in [0.1, 0.15) is 5.69 Å². The van der Waals surface area contributed by atoms with Gasteiger partial charge in [0.05, 0.1) is 4.92 Å². The number of nitrogens with zero attached hydrogens (tertiary/aromatic N) is 1. The van der Waals surface area contributed by atoms with Gasteiger partial charge in [0.15, 0.2) is 12.7 Å². The van der Waals surface area contributed by atoms with Crippen LogP contribution in [-0.2, 0) is 14.3 Å². The van der Waals surface area contributed by atoms with E-state index in [9.17, 15) is 24.8 Å². The molecule has 1 amide bonds. The average Bonchev–Trinajstić information content (AvgIpc) is 2.59. The lowest BCUT2D eigenvalue weighted by Crippen LogP contribution is -2.24. The Labute approximate surface area is 147 Å². The van der Waals surface area contributed by atoms with Crippen LogP contribution >= 0.6 is 11.6 Å². The minimum absolute atomic E-state index is 0.123. The van der Waals surface area contributed by atoms with Crippen LogP contribution in [0.25, 0.3) is 0 Å². The quantitative estimate of drug-likeness (QED) is 0.461. The summed E-state index contributed by atoms with van der Waals surface area (Å²) in [4.78, 5) is 33.8. The number of esters is 1. The normalized spacial score (nSPS) is 11.4. The Hall–Kier alpha value is -2.97. The van der Waals surface area contributed by atoms with Crippen molar-refractivity contribution in [1.29, 1.82) is 0 Å². The Morgan fingerprint density at radius 3 is 2.56 bits per heavy atom. The van der Waals surface area contributed by atoms with Gasteiger partial charge in [-0.15, -0.1) is 0 Å². The maximum atomic E-state index is 11.8. The highest BCUT2D eigenvalue weighted by Crippen LogP contribution is 2.27. The number of carbonyl (C=O) groups is 2. The van der Waals surface area contributed by atoms with Gasteiger partial charge in [-0.2, -0.15) is 0 Å². The number of carbonyl (C=O) groups excluding carboxylic acids is 2. The Morgan fingerprint density at radius 2 is 1.92 bits per heavy atom. The number of halogens is 1. The van der Waals surface area contributed by atoms with E-state index in [1.54, 1.807) is 18.2 Å². The lowest BCUT2D eigenvalue weighted by Gasteiger charge is -2.11. The summed E-state index contributed by atoms with van der Waals surface area (Å²) in [6.45, 7) is -0.716. The summed E-state index contributed by atoms with van der Waals surface area (Å²) in [7, 11) is 0. The molecule has 2 rings (SSSR count). The number of hydrogen-bond donors (Lipinski definition) is 2. The number of anilines is 1. The van der Waals surface area contributed by atoms with Gasteiger partial charge in [-0.05, 0) is 17.7 Å². The SMILES string of the molecule is O=C(COC(=O)[C@H](O)c1ccccc1)Nc1cc(Cl)ccc1[N+](=O)[O-]. The van der Waals surface area contributed by atoms with Gasteiger partial charge in [-0.1, -0.05) is 41.9 Å². The third kappa shape index (κ3) is 5.00. The molecule has 0 bridgehead atoms. The van der Waals surface area contributed by atoms with E-state index in [0.717, 1.165) is 6.07 Å². The van der Waals surface area contributed by atoms with Crippen molar-refractivity contribution in [3.63, 3.8) is 0 Å². The van der Waals surface area contributed by atoms with Crippen molar-refractivity contribution < 1.29 is 24.4 Å². The molecule has 130 valence electrons. The number of amides is 1. The molecule has 1 atom stereocenters. The van der Waals surface area contributed by atoms with E-state index in [2.05, 4.69) is 5.32 Å². The van der Waals surface area contributed by atoms with Crippen molar-refractivity contribution in [2.24, 2.45) is 0 Å². The summed E-state index contributed by atoms with van der Waals surface area (Å²) >= 11 is 5.75. The predicted molar refractivity (Wildman–Crippen MR) is 89.1 cm³/mol. The fourth-order valence-corrected chi connectivity index (χ4v) is 2.11. The second-order valence-corrected chi connectivity index (χ2v) is 5.32. The van der Waals surface area contributed by atoms with Crippen LogP contribution in [0.2, 0.25) is 5.02 Å². The average molecular weight is 365 g/mol. The molecule has 8 nitrogen and oxygen atoms in total. The van der Waals surface area contributed by atoms with Crippen molar-refractivity contribution >= 4 is 34.9 Å². The minimum Gasteiger partial charge on any atom is -0.453 e. The molecule has 2 N–H and O–H groups in total. The zero-order chi connectivity index (χ0) is 18.4. The second kappa shape index (κ2) is 8.22. The van der Waals surface area contributed by atoms with E-state index in [4.69, 9.17) is 16.3 Å². The van der Waals surface area contributed by atoms with Crippen LogP contribution < -0.4 is 5.32 Å². The summed E-state index contributed by atoms with van der Waals surface area (Å²) in [5.74, 6) is -1.82. The zero-order valence-electron chi connectivity index (χ0n) is 12.7. The first kappa shape index (κ1) is 18.4. The number of nitro benzene ring substituents is 1. The van der Waals surface area contributed by atoms with Gasteiger partial charge in [0.25, 0.3) is 11.6 Å². The molecule has 0 spiro atoms. The molecule has 0 aliphatic heterocycles. The summed E-state index contributed by atoms with van der Waals surface area (Å²) in [6, 6.07) is 11.7. The lowest BCUT2D eigenvalue weighted by atomic mass is 10.1. The molecule has 0 saturated heterocycles. The van der Waals surface area contributed by atoms with E-state index >= 15 is 0 Å². The van der Waals surface area contributed by atoms with Crippen LogP contribution in [0.3, 0.4) is 0 Å². The fourth-order valence-electron chi connectivity index (χ4n) is 1.94. The van der Waals surface area contributed by atoms with Gasteiger partial charge in [0, 0.05) is 11.1 Å². The first-order chi connectivity index (χ1) is 11.9. The minimum atomic E-state index is -1.53. The van der Waals surface area contributed by atoms with E-state index in [1.165, 1.54) is 24.3 Å². The topological polar surface area (TPSA) is 119 Å². The van der Waals surface area contributed by atoms with Gasteiger partial charge in [-0.3, -0.25) is 14.9 Å². The number of ether oxygens (including phenoxy) is 1. The number of hydrogen-bond acceptors (Lipinski definition) is 6. The Bertz CT molecular complexity index is 796. The third-order valence-corrected chi connectivity index (χ3v) is 3.35. The predicted octanol–water partition coefficient (Wildman–Crippen LogP) is 2.46. The smallest absolute Gasteiger partial charge is 0.340 e. The maximum Gasteiger partial charge on any atom is 0.340 e. The standard InChI is InChI=1S/C16H13ClN2O6/c17-11-6-7-13(19(23)24)12(8-11)18-14(20)9-25-16(22)15(21)10-4-2-1-3-5-10/h1-8,15,21H,9H2,(H,18,20)/t15-/m1/s1. The molecule has 0 fully saturated rings. The summed E-state index contributed by atoms with van der Waals surface area (Å²) in [5.41, 5.74) is -0.158. The van der Waals surface area contributed by atoms with Crippen molar-refractivity contribution in [3.8, 4) is 0 Å². The van der Waals surface area contributed by atoms with Crippen molar-refractivity contribution in [2.45, 2.75) is 6.10 Å². The maximum absolute atomic E-state index is 11.8. The highest BCUT2D eigenvalue weighted by molar-refractivity contribution is 6.31. The van der Waals surface area contributed by atoms with Crippen molar-refractivity contribution in [3.05, 3.63) is 69.2 Å². The molecule has 0 saturated carbocycles. The van der Waals surface area contributed by atoms with Crippen molar-refractivity contribution in [1.82, 2.24) is 0 Å². The number of aliphatic hydroxyl groups is 1. The summed E-state index contributed by atoms with van der Waals surface area (Å²) in [6.07, 6.45) is -1.53. The van der Waals surface area contributed by atoms with Crippen LogP contribution in [0.15, 0.2) is 48.5 Å². The molecule has 0 radical (unpaired) electrons. The van der Waals surface area contributed by atoms with Gasteiger partial charge in [-0.25, -0.2) is 4.79 Å². The number of rotatable bonds is 6. The molecule has 0 aliphatic carbocycles. The molecule has 0 aliphatic rings. The van der Waals surface area contributed by atoms with Crippen LogP contribution in [0, 0.1) is 10.1 Å². The van der Waals surface area contributed by atoms with Gasteiger partial charge in [0.2, 0.25) is 0 Å². The zero-order valence-corrected chi connectivity index (χ0v) is 13.5. The third-order valence-electron chi connectivity index (χ3n) is 3.11. The molecule has 2 aromatic rings. The van der Waals surface area contributed by atoms with Crippen molar-refractivity contribution in [2.75, 3.05) is 11.9 Å². The highest BCUT2D eigenvalue weighted by Gasteiger charge is 2.21. The molecule has 25 heavy (non-hydrogen) atoms. The monoisotopic (exact) mass is 364 g/mol. The molecule has 0 heterocycles. The molecule has 2 aromatic carbocycles. The van der Waals surface area contributed by atoms with Crippen LogP contribution in [0.4, 0.5) is 11.4 Å². The lowest BCUT2D eigenvalue weighted by molar-refractivity contribution is -0.383. The largest absolute Gasteiger partial charge is 0.453 e. The van der Waals surface area contributed by atoms with E-state index in [-0.39, 0.29) is 16.4 Å². The van der Waals surface area contributed by atoms with E-state index < -0.39 is 29.5 Å². The summed E-state index contributed by atoms with van der Waals surface area (Å²) < 4.78 is 4.72. The number of nitro groups is 1. The molecule has 9 heteroatoms. The molecular formula is C16H13ClN2O6. The highest BCUT2D eigenvalue weighted by atomic mass is 35.5. The van der Waals surface area contributed by atoms with Crippen LogP contribution in [0.1, 0.15) is 11.7 Å².